The van der Waals surface area contributed by atoms with E-state index in [0.717, 1.165) is 31.9 Å². The summed E-state index contributed by atoms with van der Waals surface area (Å²) in [6, 6.07) is 6.27. The van der Waals surface area contributed by atoms with Gasteiger partial charge in [0.2, 0.25) is 0 Å². The average molecular weight is 292 g/mol. The number of aliphatic hydroxyl groups excluding tert-OH is 1. The zero-order chi connectivity index (χ0) is 15.4. The number of methoxy groups -OCH3 is 1. The van der Waals surface area contributed by atoms with E-state index in [9.17, 15) is 5.11 Å². The monoisotopic (exact) mass is 292 g/mol. The molecule has 0 spiro atoms. The third-order valence-electron chi connectivity index (χ3n) is 4.43. The maximum Gasteiger partial charge on any atom is 0.119 e. The fourth-order valence-corrected chi connectivity index (χ4v) is 3.26. The number of aryl methyl sites for hydroxylation is 1. The third kappa shape index (κ3) is 4.19. The molecule has 2 rings (SSSR count). The van der Waals surface area contributed by atoms with Crippen LogP contribution in [-0.2, 0) is 6.54 Å². The summed E-state index contributed by atoms with van der Waals surface area (Å²) in [6.07, 6.45) is 0. The Bertz CT molecular complexity index is 462. The van der Waals surface area contributed by atoms with Crippen molar-refractivity contribution >= 4 is 0 Å². The van der Waals surface area contributed by atoms with Gasteiger partial charge in [-0.25, -0.2) is 0 Å². The first kappa shape index (κ1) is 16.3. The van der Waals surface area contributed by atoms with E-state index >= 15 is 0 Å². The molecule has 1 aromatic carbocycles. The lowest BCUT2D eigenvalue weighted by Crippen LogP contribution is -2.28. The van der Waals surface area contributed by atoms with Gasteiger partial charge in [-0.15, -0.1) is 0 Å². The molecule has 0 aliphatic carbocycles. The molecule has 0 saturated carbocycles. The Morgan fingerprint density at radius 3 is 2.57 bits per heavy atom. The highest BCUT2D eigenvalue weighted by atomic mass is 16.5. The molecule has 2 atom stereocenters. The third-order valence-corrected chi connectivity index (χ3v) is 4.43. The van der Waals surface area contributed by atoms with Crippen LogP contribution in [0.3, 0.4) is 0 Å². The average Bonchev–Trinajstić information content (AvgIpc) is 2.82. The van der Waals surface area contributed by atoms with Crippen LogP contribution in [0.15, 0.2) is 18.2 Å². The lowest BCUT2D eigenvalue weighted by atomic mass is 9.97. The predicted octanol–water partition coefficient (Wildman–Crippen LogP) is 1.61. The van der Waals surface area contributed by atoms with Gasteiger partial charge in [0, 0.05) is 32.8 Å². The van der Waals surface area contributed by atoms with Crippen LogP contribution in [0.4, 0.5) is 0 Å². The van der Waals surface area contributed by atoms with Crippen molar-refractivity contribution in [1.29, 1.82) is 0 Å². The molecule has 0 radical (unpaired) electrons. The molecular formula is C17H28N2O2. The summed E-state index contributed by atoms with van der Waals surface area (Å²) < 4.78 is 5.26. The second-order valence-corrected chi connectivity index (χ2v) is 6.45. The normalized spacial score (nSPS) is 23.0. The van der Waals surface area contributed by atoms with Crippen molar-refractivity contribution in [2.75, 3.05) is 47.4 Å². The highest BCUT2D eigenvalue weighted by molar-refractivity contribution is 5.34. The topological polar surface area (TPSA) is 35.9 Å². The Hall–Kier alpha value is -1.10. The molecule has 1 aliphatic rings. The van der Waals surface area contributed by atoms with Crippen LogP contribution < -0.4 is 4.74 Å². The molecule has 1 heterocycles. The van der Waals surface area contributed by atoms with Crippen molar-refractivity contribution in [2.24, 2.45) is 11.8 Å². The number of hydrogen-bond donors (Lipinski definition) is 1. The van der Waals surface area contributed by atoms with E-state index < -0.39 is 0 Å². The summed E-state index contributed by atoms with van der Waals surface area (Å²) in [5, 5.41) is 9.59. The molecule has 1 fully saturated rings. The van der Waals surface area contributed by atoms with E-state index in [1.165, 1.54) is 11.1 Å². The number of nitrogens with zero attached hydrogens (tertiary/aromatic N) is 2. The molecule has 4 heteroatoms. The van der Waals surface area contributed by atoms with Crippen molar-refractivity contribution in [2.45, 2.75) is 13.5 Å². The van der Waals surface area contributed by atoms with Gasteiger partial charge in [0.25, 0.3) is 0 Å². The molecule has 0 unspecified atom stereocenters. The second-order valence-electron chi connectivity index (χ2n) is 6.45. The van der Waals surface area contributed by atoms with Gasteiger partial charge in [-0.3, -0.25) is 4.90 Å². The highest BCUT2D eigenvalue weighted by Gasteiger charge is 2.32. The first-order chi connectivity index (χ1) is 10.0. The van der Waals surface area contributed by atoms with Gasteiger partial charge in [0.05, 0.1) is 7.11 Å². The molecular weight excluding hydrogens is 264 g/mol. The second kappa shape index (κ2) is 7.25. The Balaban J connectivity index is 2.00. The summed E-state index contributed by atoms with van der Waals surface area (Å²) >= 11 is 0. The summed E-state index contributed by atoms with van der Waals surface area (Å²) in [7, 11) is 5.90. The van der Waals surface area contributed by atoms with E-state index in [4.69, 9.17) is 4.74 Å². The van der Waals surface area contributed by atoms with Gasteiger partial charge in [-0.05, 0) is 56.1 Å². The standard InChI is InChI=1S/C17H28N2O2/c1-13-7-17(21-4)6-5-14(13)9-19-10-15(8-18(2)3)16(11-19)12-20/h5-7,15-16,20H,8-12H2,1-4H3/t15-,16-/m1/s1. The number of benzene rings is 1. The van der Waals surface area contributed by atoms with Crippen LogP contribution in [0.2, 0.25) is 0 Å². The molecule has 118 valence electrons. The SMILES string of the molecule is COc1ccc(CN2C[C@@H](CN(C)C)[C@@H](CO)C2)c(C)c1. The minimum atomic E-state index is 0.288. The van der Waals surface area contributed by atoms with Gasteiger partial charge < -0.3 is 14.7 Å². The van der Waals surface area contributed by atoms with E-state index in [-0.39, 0.29) is 6.61 Å². The Morgan fingerprint density at radius 2 is 2.00 bits per heavy atom. The van der Waals surface area contributed by atoms with E-state index in [0.29, 0.717) is 11.8 Å². The number of likely N-dealkylation sites (tertiary alicyclic amines) is 1. The predicted molar refractivity (Wildman–Crippen MR) is 85.6 cm³/mol. The Labute approximate surface area is 128 Å². The van der Waals surface area contributed by atoms with Crippen molar-refractivity contribution in [1.82, 2.24) is 9.80 Å². The van der Waals surface area contributed by atoms with Gasteiger partial charge in [-0.1, -0.05) is 6.07 Å². The fraction of sp³-hybridized carbons (Fsp3) is 0.647. The molecule has 21 heavy (non-hydrogen) atoms. The van der Waals surface area contributed by atoms with Crippen molar-refractivity contribution in [3.05, 3.63) is 29.3 Å². The highest BCUT2D eigenvalue weighted by Crippen LogP contribution is 2.26. The Kier molecular flexibility index (Phi) is 5.62. The van der Waals surface area contributed by atoms with E-state index in [1.807, 2.05) is 6.07 Å². The fourth-order valence-electron chi connectivity index (χ4n) is 3.26. The molecule has 1 aromatic rings. The van der Waals surface area contributed by atoms with E-state index in [1.54, 1.807) is 7.11 Å². The van der Waals surface area contributed by atoms with Crippen LogP contribution in [0.1, 0.15) is 11.1 Å². The minimum Gasteiger partial charge on any atom is -0.497 e. The molecule has 1 saturated heterocycles. The quantitative estimate of drug-likeness (QED) is 0.864. The first-order valence-corrected chi connectivity index (χ1v) is 7.65. The van der Waals surface area contributed by atoms with Gasteiger partial charge in [0.15, 0.2) is 0 Å². The van der Waals surface area contributed by atoms with Crippen LogP contribution in [0, 0.1) is 18.8 Å². The maximum absolute atomic E-state index is 9.59. The van der Waals surface area contributed by atoms with Gasteiger partial charge in [0.1, 0.15) is 5.75 Å². The summed E-state index contributed by atoms with van der Waals surface area (Å²) in [5.41, 5.74) is 2.61. The van der Waals surface area contributed by atoms with Crippen LogP contribution >= 0.6 is 0 Å². The van der Waals surface area contributed by atoms with E-state index in [2.05, 4.69) is 43.0 Å². The van der Waals surface area contributed by atoms with Gasteiger partial charge >= 0.3 is 0 Å². The lowest BCUT2D eigenvalue weighted by Gasteiger charge is -2.20. The Morgan fingerprint density at radius 1 is 1.29 bits per heavy atom. The summed E-state index contributed by atoms with van der Waals surface area (Å²) in [6.45, 7) is 6.47. The van der Waals surface area contributed by atoms with Crippen LogP contribution in [-0.4, -0.2) is 62.4 Å². The number of aliphatic hydroxyl groups is 1. The molecule has 4 nitrogen and oxygen atoms in total. The zero-order valence-corrected chi connectivity index (χ0v) is 13.7. The first-order valence-electron chi connectivity index (χ1n) is 7.65. The summed E-state index contributed by atoms with van der Waals surface area (Å²) in [4.78, 5) is 4.68. The molecule has 1 N–H and O–H groups in total. The minimum absolute atomic E-state index is 0.288. The molecule has 0 bridgehead atoms. The zero-order valence-electron chi connectivity index (χ0n) is 13.7. The van der Waals surface area contributed by atoms with Crippen LogP contribution in [0.25, 0.3) is 0 Å². The smallest absolute Gasteiger partial charge is 0.119 e. The van der Waals surface area contributed by atoms with Gasteiger partial charge in [-0.2, -0.15) is 0 Å². The largest absolute Gasteiger partial charge is 0.497 e. The molecule has 0 amide bonds. The maximum atomic E-state index is 9.59. The number of hydrogen-bond acceptors (Lipinski definition) is 4. The molecule has 0 aromatic heterocycles. The molecule has 1 aliphatic heterocycles. The number of ether oxygens (including phenoxy) is 1. The summed E-state index contributed by atoms with van der Waals surface area (Å²) in [5.74, 6) is 1.87. The lowest BCUT2D eigenvalue weighted by molar-refractivity contribution is 0.183. The van der Waals surface area contributed by atoms with Crippen LogP contribution in [0.5, 0.6) is 5.75 Å². The van der Waals surface area contributed by atoms with Crippen molar-refractivity contribution in [3.8, 4) is 5.75 Å². The number of rotatable bonds is 6. The van der Waals surface area contributed by atoms with Crippen molar-refractivity contribution < 1.29 is 9.84 Å². The van der Waals surface area contributed by atoms with Crippen molar-refractivity contribution in [3.63, 3.8) is 0 Å².